The maximum atomic E-state index is 13.2. The van der Waals surface area contributed by atoms with E-state index in [2.05, 4.69) is 4.74 Å². The fourth-order valence-electron chi connectivity index (χ4n) is 2.14. The number of hydrogen-bond donors (Lipinski definition) is 0. The second-order valence-electron chi connectivity index (χ2n) is 4.52. The molecule has 0 radical (unpaired) electrons. The van der Waals surface area contributed by atoms with E-state index in [4.69, 9.17) is 0 Å². The lowest BCUT2D eigenvalue weighted by atomic mass is 9.78. The minimum absolute atomic E-state index is 0.454. The van der Waals surface area contributed by atoms with Gasteiger partial charge in [-0.15, -0.1) is 0 Å². The van der Waals surface area contributed by atoms with E-state index in [1.165, 1.54) is 12.2 Å². The molecule has 1 aromatic carbocycles. The maximum absolute atomic E-state index is 13.2. The molecule has 1 aliphatic carbocycles. The summed E-state index contributed by atoms with van der Waals surface area (Å²) in [6.07, 6.45) is -1.51. The molecular weight excluding hydrogens is 269 g/mol. The van der Waals surface area contributed by atoms with E-state index in [-0.39, 0.29) is 0 Å². The van der Waals surface area contributed by atoms with Crippen molar-refractivity contribution in [3.05, 3.63) is 54.1 Å². The number of allylic oxidation sites excluding steroid dienone is 3. The number of esters is 1. The number of rotatable bonds is 2. The smallest absolute Gasteiger partial charge is 0.408 e. The highest BCUT2D eigenvalue weighted by Gasteiger charge is 2.59. The van der Waals surface area contributed by atoms with Gasteiger partial charge in [0.05, 0.1) is 7.11 Å². The van der Waals surface area contributed by atoms with Gasteiger partial charge >= 0.3 is 12.1 Å². The lowest BCUT2D eigenvalue weighted by Crippen LogP contribution is -2.44. The predicted molar refractivity (Wildman–Crippen MR) is 68.7 cm³/mol. The first kappa shape index (κ1) is 14.4. The monoisotopic (exact) mass is 282 g/mol. The van der Waals surface area contributed by atoms with Crippen LogP contribution in [0, 0.1) is 5.41 Å². The van der Waals surface area contributed by atoms with Gasteiger partial charge in [0.1, 0.15) is 0 Å². The van der Waals surface area contributed by atoms with Crippen LogP contribution < -0.4 is 0 Å². The molecule has 2 rings (SSSR count). The molecule has 5 heteroatoms. The first-order valence-corrected chi connectivity index (χ1v) is 6.01. The molecule has 20 heavy (non-hydrogen) atoms. The summed E-state index contributed by atoms with van der Waals surface area (Å²) in [5.41, 5.74) is -1.11. The van der Waals surface area contributed by atoms with E-state index in [1.807, 2.05) is 6.07 Å². The van der Waals surface area contributed by atoms with E-state index in [0.717, 1.165) is 18.7 Å². The first-order valence-electron chi connectivity index (χ1n) is 6.01. The standard InChI is InChI=1S/C15H13F3O2/c1-20-13(19)14(15(16,17)18)9-7-12(8-10-14)11-5-3-2-4-6-11/h2-9H,10H2,1H3. The third kappa shape index (κ3) is 2.35. The van der Waals surface area contributed by atoms with Crippen LogP contribution in [-0.4, -0.2) is 19.3 Å². The van der Waals surface area contributed by atoms with Crippen molar-refractivity contribution in [3.63, 3.8) is 0 Å². The SMILES string of the molecule is COC(=O)C1(C(F)(F)F)C=CC(c2ccccc2)=CC1. The van der Waals surface area contributed by atoms with Crippen molar-refractivity contribution in [2.45, 2.75) is 12.6 Å². The van der Waals surface area contributed by atoms with Crippen LogP contribution in [0.2, 0.25) is 0 Å². The Bertz CT molecular complexity index is 558. The molecular formula is C15H13F3O2. The van der Waals surface area contributed by atoms with Crippen molar-refractivity contribution < 1.29 is 22.7 Å². The zero-order valence-electron chi connectivity index (χ0n) is 10.8. The van der Waals surface area contributed by atoms with E-state index >= 15 is 0 Å². The zero-order chi connectivity index (χ0) is 14.8. The molecule has 0 aromatic heterocycles. The van der Waals surface area contributed by atoms with Crippen molar-refractivity contribution in [1.82, 2.24) is 0 Å². The fraction of sp³-hybridized carbons (Fsp3) is 0.267. The van der Waals surface area contributed by atoms with Crippen LogP contribution in [0.5, 0.6) is 0 Å². The number of carbonyl (C=O) groups excluding carboxylic acids is 1. The number of carbonyl (C=O) groups is 1. The van der Waals surface area contributed by atoms with Crippen LogP contribution in [0.4, 0.5) is 13.2 Å². The van der Waals surface area contributed by atoms with Crippen LogP contribution in [0.25, 0.3) is 5.57 Å². The summed E-state index contributed by atoms with van der Waals surface area (Å²) in [5, 5.41) is 0. The molecule has 0 fully saturated rings. The third-order valence-corrected chi connectivity index (χ3v) is 3.35. The Labute approximate surface area is 114 Å². The van der Waals surface area contributed by atoms with E-state index < -0.39 is 24.0 Å². The van der Waals surface area contributed by atoms with Crippen molar-refractivity contribution in [2.24, 2.45) is 5.41 Å². The number of ether oxygens (including phenoxy) is 1. The van der Waals surface area contributed by atoms with Crippen molar-refractivity contribution in [1.29, 1.82) is 0 Å². The Morgan fingerprint density at radius 3 is 2.35 bits per heavy atom. The first-order chi connectivity index (χ1) is 9.40. The number of methoxy groups -OCH3 is 1. The highest BCUT2D eigenvalue weighted by atomic mass is 19.4. The average molecular weight is 282 g/mol. The Hall–Kier alpha value is -2.04. The zero-order valence-corrected chi connectivity index (χ0v) is 10.8. The minimum Gasteiger partial charge on any atom is -0.468 e. The second kappa shape index (κ2) is 5.15. The Morgan fingerprint density at radius 1 is 1.25 bits per heavy atom. The van der Waals surface area contributed by atoms with Crippen molar-refractivity contribution >= 4 is 11.5 Å². The molecule has 106 valence electrons. The summed E-state index contributed by atoms with van der Waals surface area (Å²) in [4.78, 5) is 11.6. The summed E-state index contributed by atoms with van der Waals surface area (Å²) in [7, 11) is 0.958. The molecule has 0 amide bonds. The largest absolute Gasteiger partial charge is 0.468 e. The lowest BCUT2D eigenvalue weighted by molar-refractivity contribution is -0.218. The number of benzene rings is 1. The number of halogens is 3. The summed E-state index contributed by atoms with van der Waals surface area (Å²) >= 11 is 0. The van der Waals surface area contributed by atoms with Gasteiger partial charge in [0.2, 0.25) is 0 Å². The number of alkyl halides is 3. The molecule has 0 saturated carbocycles. The molecule has 2 nitrogen and oxygen atoms in total. The summed E-state index contributed by atoms with van der Waals surface area (Å²) in [5.74, 6) is -1.29. The molecule has 1 aromatic rings. The van der Waals surface area contributed by atoms with Gasteiger partial charge in [-0.05, 0) is 17.6 Å². The van der Waals surface area contributed by atoms with E-state index in [1.54, 1.807) is 24.3 Å². The molecule has 0 heterocycles. The van der Waals surface area contributed by atoms with Crippen molar-refractivity contribution in [2.75, 3.05) is 7.11 Å². The van der Waals surface area contributed by atoms with Gasteiger partial charge in [0.25, 0.3) is 0 Å². The predicted octanol–water partition coefficient (Wildman–Crippen LogP) is 3.75. The van der Waals surface area contributed by atoms with Crippen LogP contribution in [-0.2, 0) is 9.53 Å². The Balaban J connectivity index is 2.34. The summed E-state index contributed by atoms with van der Waals surface area (Å²) in [6.45, 7) is 0. The van der Waals surface area contributed by atoms with Crippen LogP contribution >= 0.6 is 0 Å². The van der Waals surface area contributed by atoms with Crippen LogP contribution in [0.1, 0.15) is 12.0 Å². The van der Waals surface area contributed by atoms with E-state index in [0.29, 0.717) is 5.57 Å². The van der Waals surface area contributed by atoms with Gasteiger partial charge < -0.3 is 4.74 Å². The third-order valence-electron chi connectivity index (χ3n) is 3.35. The van der Waals surface area contributed by atoms with Gasteiger partial charge in [-0.3, -0.25) is 4.79 Å². The molecule has 0 saturated heterocycles. The van der Waals surface area contributed by atoms with Crippen molar-refractivity contribution in [3.8, 4) is 0 Å². The molecule has 1 unspecified atom stereocenters. The highest BCUT2D eigenvalue weighted by Crippen LogP contribution is 2.46. The van der Waals surface area contributed by atoms with E-state index in [9.17, 15) is 18.0 Å². The maximum Gasteiger partial charge on any atom is 0.408 e. The van der Waals surface area contributed by atoms with Gasteiger partial charge in [-0.1, -0.05) is 48.6 Å². The molecule has 1 atom stereocenters. The topological polar surface area (TPSA) is 26.3 Å². The van der Waals surface area contributed by atoms with Gasteiger partial charge in [-0.25, -0.2) is 0 Å². The Kier molecular flexibility index (Phi) is 3.70. The Morgan fingerprint density at radius 2 is 1.90 bits per heavy atom. The lowest BCUT2D eigenvalue weighted by Gasteiger charge is -2.31. The number of hydrogen-bond acceptors (Lipinski definition) is 2. The van der Waals surface area contributed by atoms with Crippen LogP contribution in [0.3, 0.4) is 0 Å². The summed E-state index contributed by atoms with van der Waals surface area (Å²) in [6, 6.07) is 9.03. The average Bonchev–Trinajstić information content (AvgIpc) is 2.46. The molecule has 0 N–H and O–H groups in total. The van der Waals surface area contributed by atoms with Gasteiger partial charge in [0, 0.05) is 0 Å². The van der Waals surface area contributed by atoms with Crippen LogP contribution in [0.15, 0.2) is 48.6 Å². The fourth-order valence-corrected chi connectivity index (χ4v) is 2.14. The molecule has 0 spiro atoms. The molecule has 1 aliphatic rings. The normalized spacial score (nSPS) is 22.3. The molecule has 0 bridgehead atoms. The highest BCUT2D eigenvalue weighted by molar-refractivity contribution is 5.85. The quantitative estimate of drug-likeness (QED) is 0.772. The molecule has 0 aliphatic heterocycles. The second-order valence-corrected chi connectivity index (χ2v) is 4.52. The van der Waals surface area contributed by atoms with Gasteiger partial charge in [-0.2, -0.15) is 13.2 Å². The van der Waals surface area contributed by atoms with Gasteiger partial charge in [0.15, 0.2) is 5.41 Å². The summed E-state index contributed by atoms with van der Waals surface area (Å²) < 4.78 is 43.9. The minimum atomic E-state index is -4.69.